The molecule has 1 unspecified atom stereocenters. The Kier molecular flexibility index (Phi) is 11.0. The van der Waals surface area contributed by atoms with Gasteiger partial charge in [0, 0.05) is 11.4 Å². The van der Waals surface area contributed by atoms with Crippen LogP contribution in [0, 0.1) is 25.2 Å². The summed E-state index contributed by atoms with van der Waals surface area (Å²) < 4.78 is 2.75. The summed E-state index contributed by atoms with van der Waals surface area (Å²) in [5.41, 5.74) is 11.5. The summed E-state index contributed by atoms with van der Waals surface area (Å²) in [7, 11) is 7.72. The molecule has 0 N–H and O–H groups in total. The summed E-state index contributed by atoms with van der Waals surface area (Å²) in [4.78, 5) is 0. The van der Waals surface area contributed by atoms with Gasteiger partial charge >= 0.3 is 35.6 Å². The molecule has 3 aliphatic rings. The quantitative estimate of drug-likeness (QED) is 0.197. The third kappa shape index (κ3) is 7.09. The molecule has 1 fully saturated rings. The van der Waals surface area contributed by atoms with Crippen LogP contribution in [0.5, 0.6) is 0 Å². The van der Waals surface area contributed by atoms with Crippen molar-refractivity contribution in [3.8, 4) is 0 Å². The third-order valence-electron chi connectivity index (χ3n) is 10.0. The fourth-order valence-corrected chi connectivity index (χ4v) is 12.7. The van der Waals surface area contributed by atoms with Gasteiger partial charge in [-0.15, -0.1) is 11.4 Å². The molecule has 45 heavy (non-hydrogen) atoms. The van der Waals surface area contributed by atoms with Crippen molar-refractivity contribution in [2.24, 2.45) is 17.8 Å². The number of halogens is 2. The molecule has 1 saturated carbocycles. The van der Waals surface area contributed by atoms with Gasteiger partial charge in [0.2, 0.25) is 0 Å². The molecule has 3 aromatic carbocycles. The number of hydrogen-bond acceptors (Lipinski definition) is 1. The van der Waals surface area contributed by atoms with Crippen molar-refractivity contribution in [1.29, 1.82) is 0 Å². The number of para-hydroxylation sites is 4. The summed E-state index contributed by atoms with van der Waals surface area (Å²) in [5.74, 6) is 1.74. The van der Waals surface area contributed by atoms with E-state index in [0.717, 1.165) is 11.4 Å². The number of nitrogens with zero attached hydrogens (tertiary/aromatic N) is 2. The number of benzene rings is 3. The molecule has 1 aliphatic heterocycles. The molecule has 0 bridgehead atoms. The molecule has 240 valence electrons. The molecule has 0 aromatic heterocycles. The Morgan fingerprint density at radius 3 is 1.80 bits per heavy atom. The molecule has 6 heteroatoms. The van der Waals surface area contributed by atoms with Crippen molar-refractivity contribution in [2.75, 3.05) is 4.57 Å². The SMILES string of the molecule is C[C@@H]1C[C@@H]2C(c3cc(C(C)(C)C)cc(C(C)(C)C)c3)=CC=C[C@@H]2C1[Si](C)(C)N1c2ccccc2[N-]c2ccccc21.[CH3-].[Cl][Ti][Cl]. The van der Waals surface area contributed by atoms with E-state index in [2.05, 4.69) is 151 Å². The monoisotopic (exact) mass is 692 g/mol. The van der Waals surface area contributed by atoms with Gasteiger partial charge in [-0.1, -0.05) is 134 Å². The zero-order valence-corrected chi connectivity index (χ0v) is 32.8. The van der Waals surface area contributed by atoms with Crippen LogP contribution in [0.1, 0.15) is 71.6 Å². The standard InChI is InChI=1S/C38H47N2Si.CH3.2ClH.Ti/c1-25-21-31-29(26-22-27(37(2,3)4)24-28(23-26)38(5,6)7)15-14-16-30(31)36(25)41(8,9)40-34-19-12-10-17-32(34)39-33-18-11-13-20-35(33)40;;;;/h10-20,22-25,30-31,36H,21H2,1-9H3;1H3;2*1H;/q2*-1;;;+2/p-2/t25-,30+,31-,36?;;;;/m1..../s1. The maximum absolute atomic E-state index is 5.06. The van der Waals surface area contributed by atoms with Crippen molar-refractivity contribution in [1.82, 2.24) is 0 Å². The van der Waals surface area contributed by atoms with Crippen LogP contribution in [0.2, 0.25) is 18.6 Å². The van der Waals surface area contributed by atoms with E-state index in [4.69, 9.17) is 23.9 Å². The van der Waals surface area contributed by atoms with Crippen molar-refractivity contribution in [2.45, 2.75) is 84.4 Å². The predicted molar refractivity (Wildman–Crippen MR) is 199 cm³/mol. The Morgan fingerprint density at radius 1 is 0.822 bits per heavy atom. The Bertz CT molecular complexity index is 1490. The van der Waals surface area contributed by atoms with Crippen LogP contribution in [-0.4, -0.2) is 8.24 Å². The number of fused-ring (bicyclic) bond motifs is 3. The Balaban J connectivity index is 0.00000111. The van der Waals surface area contributed by atoms with Crippen molar-refractivity contribution in [3.05, 3.63) is 114 Å². The van der Waals surface area contributed by atoms with Crippen molar-refractivity contribution >= 4 is 55.2 Å². The van der Waals surface area contributed by atoms with E-state index in [-0.39, 0.29) is 18.3 Å². The summed E-state index contributed by atoms with van der Waals surface area (Å²) in [5, 5.41) is 5.06. The van der Waals surface area contributed by atoms with E-state index in [1.165, 1.54) is 34.5 Å². The van der Waals surface area contributed by atoms with E-state index in [1.807, 2.05) is 0 Å². The average molecular weight is 694 g/mol. The molecule has 0 amide bonds. The van der Waals surface area contributed by atoms with Crippen molar-refractivity contribution in [3.63, 3.8) is 0 Å². The molecule has 2 nitrogen and oxygen atoms in total. The van der Waals surface area contributed by atoms with E-state index in [9.17, 15) is 0 Å². The average Bonchev–Trinajstić information content (AvgIpc) is 3.31. The van der Waals surface area contributed by atoms with Gasteiger partial charge in [-0.25, -0.2) is 0 Å². The van der Waals surface area contributed by atoms with Crippen LogP contribution in [0.25, 0.3) is 10.9 Å². The molecule has 1 heterocycles. The van der Waals surface area contributed by atoms with Gasteiger partial charge in [-0.3, -0.25) is 0 Å². The first-order chi connectivity index (χ1) is 20.7. The van der Waals surface area contributed by atoms with E-state index < -0.39 is 25.3 Å². The van der Waals surface area contributed by atoms with Gasteiger partial charge in [-0.05, 0) is 74.9 Å². The third-order valence-corrected chi connectivity index (χ3v) is 14.2. The van der Waals surface area contributed by atoms with E-state index in [1.54, 1.807) is 5.57 Å². The maximum atomic E-state index is 5.06. The Morgan fingerprint density at radius 2 is 1.31 bits per heavy atom. The molecule has 4 atom stereocenters. The molecule has 0 radical (unpaired) electrons. The number of allylic oxidation sites excluding steroid dienone is 4. The van der Waals surface area contributed by atoms with Gasteiger partial charge < -0.3 is 17.3 Å². The summed E-state index contributed by atoms with van der Waals surface area (Å²) in [6, 6.07) is 25.0. The second-order valence-corrected chi connectivity index (χ2v) is 22.4. The predicted octanol–water partition coefficient (Wildman–Crippen LogP) is 13.4. The first kappa shape index (κ1) is 36.1. The van der Waals surface area contributed by atoms with Crippen LogP contribution in [0.15, 0.2) is 85.0 Å². The van der Waals surface area contributed by atoms with Crippen molar-refractivity contribution < 1.29 is 17.0 Å². The van der Waals surface area contributed by atoms with Gasteiger partial charge in [0.1, 0.15) is 0 Å². The summed E-state index contributed by atoms with van der Waals surface area (Å²) in [6.07, 6.45) is 8.61. The zero-order valence-electron chi connectivity index (χ0n) is 28.7. The number of rotatable bonds is 3. The molecular weight excluding hydrogens is 643 g/mol. The summed E-state index contributed by atoms with van der Waals surface area (Å²) >= 11 is -0.556. The fourth-order valence-electron chi connectivity index (χ4n) is 8.00. The Labute approximate surface area is 291 Å². The topological polar surface area (TPSA) is 17.3 Å². The summed E-state index contributed by atoms with van der Waals surface area (Å²) in [6.45, 7) is 21.8. The van der Waals surface area contributed by atoms with E-state index in [0.29, 0.717) is 23.3 Å². The second kappa shape index (κ2) is 13.8. The normalized spacial score (nSPS) is 22.0. The minimum atomic E-state index is -2.06. The van der Waals surface area contributed by atoms with Gasteiger partial charge in [0.15, 0.2) is 8.24 Å². The molecule has 0 spiro atoms. The van der Waals surface area contributed by atoms with Crippen LogP contribution in [0.3, 0.4) is 0 Å². The van der Waals surface area contributed by atoms with Crippen LogP contribution in [-0.2, 0) is 27.9 Å². The molecule has 6 rings (SSSR count). The first-order valence-electron chi connectivity index (χ1n) is 15.9. The minimum absolute atomic E-state index is 0. The Hall–Kier alpha value is -1.75. The van der Waals surface area contributed by atoms with Gasteiger partial charge in [-0.2, -0.15) is 0 Å². The van der Waals surface area contributed by atoms with Gasteiger partial charge in [0.05, 0.1) is 0 Å². The molecule has 2 aliphatic carbocycles. The first-order valence-corrected chi connectivity index (χ1v) is 23.2. The molecular formula is C39H50Cl2N2SiTi-2. The van der Waals surface area contributed by atoms with Crippen LogP contribution >= 0.6 is 18.6 Å². The van der Waals surface area contributed by atoms with E-state index >= 15 is 0 Å². The zero-order chi connectivity index (χ0) is 32.0. The molecule has 3 aromatic rings. The molecule has 0 saturated heterocycles. The van der Waals surface area contributed by atoms with Gasteiger partial charge in [0.25, 0.3) is 0 Å². The van der Waals surface area contributed by atoms with Crippen LogP contribution < -0.4 is 4.57 Å². The number of anilines is 2. The fraction of sp³-hybridized carbons (Fsp3) is 0.410. The van der Waals surface area contributed by atoms with Crippen LogP contribution in [0.4, 0.5) is 22.7 Å². The second-order valence-electron chi connectivity index (χ2n) is 15.4. The number of hydrogen-bond donors (Lipinski definition) is 0.